The lowest BCUT2D eigenvalue weighted by Gasteiger charge is -2.08. The number of hydrogen-bond donors (Lipinski definition) is 1. The molecule has 0 radical (unpaired) electrons. The number of nitro benzene ring substituents is 1. The zero-order valence-corrected chi connectivity index (χ0v) is 18.0. The van der Waals surface area contributed by atoms with Gasteiger partial charge in [0.25, 0.3) is 11.6 Å². The van der Waals surface area contributed by atoms with Crippen LogP contribution in [0.25, 0.3) is 21.8 Å². The molecule has 0 aliphatic rings. The number of carbonyl (C=O) groups excluding carboxylic acids is 1. The Hall–Kier alpha value is -3.26. The molecule has 154 valence electrons. The quantitative estimate of drug-likeness (QED) is 0.253. The van der Waals surface area contributed by atoms with Crippen molar-refractivity contribution in [1.82, 2.24) is 4.98 Å². The molecule has 1 aromatic heterocycles. The Bertz CT molecular complexity index is 1280. The highest BCUT2D eigenvalue weighted by Gasteiger charge is 2.22. The van der Waals surface area contributed by atoms with Crippen LogP contribution in [0.3, 0.4) is 0 Å². The van der Waals surface area contributed by atoms with E-state index in [2.05, 4.69) is 10.3 Å². The smallest absolute Gasteiger partial charge is 0.269 e. The number of amides is 1. The number of benzene rings is 3. The lowest BCUT2D eigenvalue weighted by Crippen LogP contribution is -2.11. The second-order valence-electron chi connectivity index (χ2n) is 6.45. The molecule has 0 bridgehead atoms. The number of hydrogen-bond acceptors (Lipinski definition) is 5. The molecule has 0 unspecified atom stereocenters. The summed E-state index contributed by atoms with van der Waals surface area (Å²) in [6.07, 6.45) is 0. The Morgan fingerprint density at radius 3 is 2.35 bits per heavy atom. The summed E-state index contributed by atoms with van der Waals surface area (Å²) in [5.41, 5.74) is 2.21. The molecule has 31 heavy (non-hydrogen) atoms. The molecule has 0 saturated heterocycles. The Kier molecular flexibility index (Phi) is 5.99. The highest BCUT2D eigenvalue weighted by molar-refractivity contribution is 7.17. The van der Waals surface area contributed by atoms with Gasteiger partial charge in [-0.05, 0) is 30.3 Å². The maximum Gasteiger partial charge on any atom is 0.269 e. The van der Waals surface area contributed by atoms with Gasteiger partial charge in [0.05, 0.1) is 21.3 Å². The number of nitro groups is 1. The second kappa shape index (κ2) is 8.85. The summed E-state index contributed by atoms with van der Waals surface area (Å²) in [5.74, 6) is -0.405. The molecule has 0 spiro atoms. The first-order valence-electron chi connectivity index (χ1n) is 9.00. The molecule has 1 heterocycles. The average Bonchev–Trinajstić information content (AvgIpc) is 3.23. The van der Waals surface area contributed by atoms with Crippen LogP contribution in [0.2, 0.25) is 10.0 Å². The highest BCUT2D eigenvalue weighted by atomic mass is 35.5. The van der Waals surface area contributed by atoms with Crippen LogP contribution in [0, 0.1) is 10.1 Å². The number of non-ortho nitro benzene ring substituents is 1. The summed E-state index contributed by atoms with van der Waals surface area (Å²) in [5, 5.41) is 15.2. The summed E-state index contributed by atoms with van der Waals surface area (Å²) in [4.78, 5) is 28.7. The standard InChI is InChI=1S/C22H13Cl2N3O3S/c23-15-8-11-17(24)18(12-15)25-21(28)20-19(13-6-9-16(10-7-13)27(29)30)26-22(31-20)14-4-2-1-3-5-14/h1-12H,(H,25,28). The minimum atomic E-state index is -0.477. The second-order valence-corrected chi connectivity index (χ2v) is 8.29. The molecule has 4 aromatic rings. The molecular weight excluding hydrogens is 457 g/mol. The van der Waals surface area contributed by atoms with Crippen molar-refractivity contribution in [2.45, 2.75) is 0 Å². The third-order valence-electron chi connectivity index (χ3n) is 4.38. The van der Waals surface area contributed by atoms with Crippen LogP contribution in [0.15, 0.2) is 72.8 Å². The van der Waals surface area contributed by atoms with E-state index in [4.69, 9.17) is 23.2 Å². The zero-order chi connectivity index (χ0) is 22.0. The molecule has 6 nitrogen and oxygen atoms in total. The first-order chi connectivity index (χ1) is 14.9. The third-order valence-corrected chi connectivity index (χ3v) is 6.05. The van der Waals surface area contributed by atoms with Crippen molar-refractivity contribution < 1.29 is 9.72 Å². The van der Waals surface area contributed by atoms with E-state index >= 15 is 0 Å². The van der Waals surface area contributed by atoms with Gasteiger partial charge >= 0.3 is 0 Å². The average molecular weight is 470 g/mol. The Morgan fingerprint density at radius 1 is 0.968 bits per heavy atom. The van der Waals surface area contributed by atoms with Crippen LogP contribution >= 0.6 is 34.5 Å². The number of rotatable bonds is 5. The van der Waals surface area contributed by atoms with Crippen molar-refractivity contribution >= 4 is 51.8 Å². The maximum atomic E-state index is 13.1. The molecular formula is C22H13Cl2N3O3S. The zero-order valence-electron chi connectivity index (χ0n) is 15.7. The molecule has 9 heteroatoms. The monoisotopic (exact) mass is 469 g/mol. The van der Waals surface area contributed by atoms with Gasteiger partial charge in [0.15, 0.2) is 0 Å². The van der Waals surface area contributed by atoms with Crippen LogP contribution in [0.4, 0.5) is 11.4 Å². The van der Waals surface area contributed by atoms with E-state index in [1.807, 2.05) is 30.3 Å². The largest absolute Gasteiger partial charge is 0.320 e. The van der Waals surface area contributed by atoms with Gasteiger partial charge in [0.1, 0.15) is 9.88 Å². The lowest BCUT2D eigenvalue weighted by atomic mass is 10.1. The van der Waals surface area contributed by atoms with Gasteiger partial charge in [0.2, 0.25) is 0 Å². The Labute approximate surface area is 191 Å². The minimum absolute atomic E-state index is 0.0426. The predicted octanol–water partition coefficient (Wildman–Crippen LogP) is 6.94. The van der Waals surface area contributed by atoms with Gasteiger partial charge in [0, 0.05) is 28.3 Å². The third kappa shape index (κ3) is 4.59. The van der Waals surface area contributed by atoms with E-state index in [9.17, 15) is 14.9 Å². The van der Waals surface area contributed by atoms with Crippen LogP contribution < -0.4 is 5.32 Å². The van der Waals surface area contributed by atoms with E-state index in [0.29, 0.717) is 36.9 Å². The first-order valence-corrected chi connectivity index (χ1v) is 10.6. The predicted molar refractivity (Wildman–Crippen MR) is 124 cm³/mol. The van der Waals surface area contributed by atoms with Gasteiger partial charge in [-0.3, -0.25) is 14.9 Å². The molecule has 1 amide bonds. The molecule has 0 fully saturated rings. The molecule has 0 aliphatic heterocycles. The normalized spacial score (nSPS) is 10.6. The summed E-state index contributed by atoms with van der Waals surface area (Å²) >= 11 is 13.4. The van der Waals surface area contributed by atoms with Crippen molar-refractivity contribution in [2.24, 2.45) is 0 Å². The summed E-state index contributed by atoms with van der Waals surface area (Å²) in [7, 11) is 0. The van der Waals surface area contributed by atoms with Gasteiger partial charge < -0.3 is 5.32 Å². The summed E-state index contributed by atoms with van der Waals surface area (Å²) in [6, 6.07) is 20.1. The molecule has 0 aliphatic carbocycles. The first kappa shape index (κ1) is 21.0. The fraction of sp³-hybridized carbons (Fsp3) is 0. The van der Waals surface area contributed by atoms with Crippen LogP contribution in [-0.4, -0.2) is 15.8 Å². The summed E-state index contributed by atoms with van der Waals surface area (Å²) in [6.45, 7) is 0. The van der Waals surface area contributed by atoms with E-state index < -0.39 is 10.8 Å². The topological polar surface area (TPSA) is 85.1 Å². The van der Waals surface area contributed by atoms with Crippen LogP contribution in [-0.2, 0) is 0 Å². The van der Waals surface area contributed by atoms with Crippen molar-refractivity contribution in [2.75, 3.05) is 5.32 Å². The minimum Gasteiger partial charge on any atom is -0.320 e. The van der Waals surface area contributed by atoms with Gasteiger partial charge in [-0.2, -0.15) is 0 Å². The number of thiazole rings is 1. The summed E-state index contributed by atoms with van der Waals surface area (Å²) < 4.78 is 0. The van der Waals surface area contributed by atoms with Gasteiger partial charge in [-0.1, -0.05) is 53.5 Å². The van der Waals surface area contributed by atoms with Gasteiger partial charge in [-0.25, -0.2) is 4.98 Å². The van der Waals surface area contributed by atoms with Crippen molar-refractivity contribution in [3.8, 4) is 21.8 Å². The van der Waals surface area contributed by atoms with E-state index in [1.165, 1.54) is 23.5 Å². The van der Waals surface area contributed by atoms with Crippen molar-refractivity contribution in [3.63, 3.8) is 0 Å². The number of nitrogens with one attached hydrogen (secondary N) is 1. The van der Waals surface area contributed by atoms with Crippen molar-refractivity contribution in [3.05, 3.63) is 97.8 Å². The highest BCUT2D eigenvalue weighted by Crippen LogP contribution is 2.35. The molecule has 0 saturated carbocycles. The van der Waals surface area contributed by atoms with E-state index in [-0.39, 0.29) is 5.69 Å². The Balaban J connectivity index is 1.77. The molecule has 1 N–H and O–H groups in total. The van der Waals surface area contributed by atoms with Crippen LogP contribution in [0.5, 0.6) is 0 Å². The Morgan fingerprint density at radius 2 is 1.68 bits per heavy atom. The molecule has 4 rings (SSSR count). The number of nitrogens with zero attached hydrogens (tertiary/aromatic N) is 2. The van der Waals surface area contributed by atoms with E-state index in [0.717, 1.165) is 5.56 Å². The number of aromatic nitrogens is 1. The molecule has 0 atom stereocenters. The number of anilines is 1. The fourth-order valence-corrected chi connectivity index (χ4v) is 4.21. The van der Waals surface area contributed by atoms with Crippen LogP contribution in [0.1, 0.15) is 9.67 Å². The van der Waals surface area contributed by atoms with Crippen molar-refractivity contribution in [1.29, 1.82) is 0 Å². The number of carbonyl (C=O) groups is 1. The van der Waals surface area contributed by atoms with Gasteiger partial charge in [-0.15, -0.1) is 11.3 Å². The molecule has 3 aromatic carbocycles. The number of halogens is 2. The fourth-order valence-electron chi connectivity index (χ4n) is 2.89. The van der Waals surface area contributed by atoms with E-state index in [1.54, 1.807) is 30.3 Å². The maximum absolute atomic E-state index is 13.1. The lowest BCUT2D eigenvalue weighted by molar-refractivity contribution is -0.384. The SMILES string of the molecule is O=C(Nc1cc(Cl)ccc1Cl)c1sc(-c2ccccc2)nc1-c1ccc([N+](=O)[O-])cc1.